The van der Waals surface area contributed by atoms with Crippen molar-refractivity contribution in [2.75, 3.05) is 0 Å². The Bertz CT molecular complexity index is 668. The summed E-state index contributed by atoms with van der Waals surface area (Å²) < 4.78 is 3.17. The summed E-state index contributed by atoms with van der Waals surface area (Å²) in [5, 5.41) is 7.70. The summed E-state index contributed by atoms with van der Waals surface area (Å²) in [7, 11) is 1.93. The lowest BCUT2D eigenvalue weighted by atomic mass is 10.0. The van der Waals surface area contributed by atoms with E-state index in [9.17, 15) is 0 Å². The van der Waals surface area contributed by atoms with Crippen LogP contribution in [-0.4, -0.2) is 9.78 Å². The van der Waals surface area contributed by atoms with Crippen LogP contribution in [0, 0.1) is 0 Å². The van der Waals surface area contributed by atoms with Gasteiger partial charge in [-0.1, -0.05) is 18.2 Å². The molecule has 0 spiro atoms. The van der Waals surface area contributed by atoms with Crippen molar-refractivity contribution in [2.24, 2.45) is 12.8 Å². The Kier molecular flexibility index (Phi) is 2.89. The highest BCUT2D eigenvalue weighted by atomic mass is 32.1. The standard InChI is InChI=1S/C14H15N3S/c1-17-13(6-7-16-17)12(15)8-10-9-18-14-5-3-2-4-11(10)14/h2-7,9,12H,8,15H2,1H3. The summed E-state index contributed by atoms with van der Waals surface area (Å²) in [6.07, 6.45) is 2.64. The molecule has 0 radical (unpaired) electrons. The van der Waals surface area contributed by atoms with Gasteiger partial charge in [-0.25, -0.2) is 0 Å². The van der Waals surface area contributed by atoms with Crippen LogP contribution in [0.4, 0.5) is 0 Å². The molecule has 92 valence electrons. The summed E-state index contributed by atoms with van der Waals surface area (Å²) in [6.45, 7) is 0. The Morgan fingerprint density at radius 3 is 2.94 bits per heavy atom. The number of aromatic nitrogens is 2. The lowest BCUT2D eigenvalue weighted by molar-refractivity contribution is 0.619. The maximum atomic E-state index is 6.27. The number of thiophene rings is 1. The van der Waals surface area contributed by atoms with Crippen LogP contribution < -0.4 is 5.73 Å². The van der Waals surface area contributed by atoms with Gasteiger partial charge < -0.3 is 5.73 Å². The second-order valence-electron chi connectivity index (χ2n) is 4.45. The third-order valence-electron chi connectivity index (χ3n) is 3.24. The number of fused-ring (bicyclic) bond motifs is 1. The van der Waals surface area contributed by atoms with Gasteiger partial charge in [0.15, 0.2) is 0 Å². The molecule has 1 aromatic carbocycles. The molecule has 0 fully saturated rings. The summed E-state index contributed by atoms with van der Waals surface area (Å²) in [4.78, 5) is 0. The van der Waals surface area contributed by atoms with E-state index in [2.05, 4.69) is 34.7 Å². The van der Waals surface area contributed by atoms with E-state index >= 15 is 0 Å². The van der Waals surface area contributed by atoms with Crippen molar-refractivity contribution in [2.45, 2.75) is 12.5 Å². The highest BCUT2D eigenvalue weighted by Gasteiger charge is 2.13. The SMILES string of the molecule is Cn1nccc1C(N)Cc1csc2ccccc12. The van der Waals surface area contributed by atoms with E-state index in [1.165, 1.54) is 15.6 Å². The first-order valence-electron chi connectivity index (χ1n) is 5.94. The predicted molar refractivity (Wildman–Crippen MR) is 75.7 cm³/mol. The smallest absolute Gasteiger partial charge is 0.0551 e. The molecule has 0 saturated heterocycles. The van der Waals surface area contributed by atoms with Gasteiger partial charge in [0, 0.05) is 17.9 Å². The Labute approximate surface area is 110 Å². The van der Waals surface area contributed by atoms with E-state index in [4.69, 9.17) is 5.73 Å². The number of benzene rings is 1. The number of hydrogen-bond donors (Lipinski definition) is 1. The summed E-state index contributed by atoms with van der Waals surface area (Å²) in [5.74, 6) is 0. The molecule has 1 unspecified atom stereocenters. The van der Waals surface area contributed by atoms with Crippen molar-refractivity contribution in [1.82, 2.24) is 9.78 Å². The van der Waals surface area contributed by atoms with Gasteiger partial charge in [0.05, 0.1) is 11.7 Å². The average molecular weight is 257 g/mol. The van der Waals surface area contributed by atoms with Crippen LogP contribution in [-0.2, 0) is 13.5 Å². The number of rotatable bonds is 3. The number of aryl methyl sites for hydroxylation is 1. The zero-order valence-corrected chi connectivity index (χ0v) is 11.0. The maximum Gasteiger partial charge on any atom is 0.0551 e. The molecule has 2 heterocycles. The molecule has 0 saturated carbocycles. The topological polar surface area (TPSA) is 43.8 Å². The normalized spacial score (nSPS) is 13.0. The molecule has 2 N–H and O–H groups in total. The molecule has 0 bridgehead atoms. The number of nitrogens with zero attached hydrogens (tertiary/aromatic N) is 2. The van der Waals surface area contributed by atoms with E-state index < -0.39 is 0 Å². The van der Waals surface area contributed by atoms with Gasteiger partial charge in [-0.2, -0.15) is 5.10 Å². The van der Waals surface area contributed by atoms with Crippen LogP contribution in [0.25, 0.3) is 10.1 Å². The van der Waals surface area contributed by atoms with Crippen molar-refractivity contribution in [3.63, 3.8) is 0 Å². The summed E-state index contributed by atoms with van der Waals surface area (Å²) >= 11 is 1.78. The molecule has 3 rings (SSSR count). The summed E-state index contributed by atoms with van der Waals surface area (Å²) in [6, 6.07) is 10.4. The fourth-order valence-corrected chi connectivity index (χ4v) is 3.26. The fourth-order valence-electron chi connectivity index (χ4n) is 2.28. The zero-order valence-electron chi connectivity index (χ0n) is 10.2. The largest absolute Gasteiger partial charge is 0.322 e. The van der Waals surface area contributed by atoms with Gasteiger partial charge in [0.25, 0.3) is 0 Å². The average Bonchev–Trinajstić information content (AvgIpc) is 2.97. The first-order valence-corrected chi connectivity index (χ1v) is 6.82. The first-order chi connectivity index (χ1) is 8.75. The van der Waals surface area contributed by atoms with Crippen molar-refractivity contribution < 1.29 is 0 Å². The molecule has 18 heavy (non-hydrogen) atoms. The van der Waals surface area contributed by atoms with Gasteiger partial charge in [-0.05, 0) is 34.9 Å². The molecule has 3 aromatic rings. The van der Waals surface area contributed by atoms with Crippen molar-refractivity contribution in [1.29, 1.82) is 0 Å². The summed E-state index contributed by atoms with van der Waals surface area (Å²) in [5.41, 5.74) is 8.66. The Morgan fingerprint density at radius 1 is 1.33 bits per heavy atom. The molecule has 3 nitrogen and oxygen atoms in total. The Balaban J connectivity index is 1.91. The first kappa shape index (κ1) is 11.4. The lowest BCUT2D eigenvalue weighted by Crippen LogP contribution is -2.16. The van der Waals surface area contributed by atoms with Crippen LogP contribution in [0.2, 0.25) is 0 Å². The molecule has 2 aromatic heterocycles. The number of hydrogen-bond acceptors (Lipinski definition) is 3. The van der Waals surface area contributed by atoms with Gasteiger partial charge in [0.2, 0.25) is 0 Å². The van der Waals surface area contributed by atoms with E-state index in [1.807, 2.05) is 17.8 Å². The van der Waals surface area contributed by atoms with E-state index in [-0.39, 0.29) is 6.04 Å². The highest BCUT2D eigenvalue weighted by Crippen LogP contribution is 2.28. The minimum atomic E-state index is -0.00416. The van der Waals surface area contributed by atoms with Crippen LogP contribution in [0.1, 0.15) is 17.3 Å². The van der Waals surface area contributed by atoms with Crippen LogP contribution in [0.5, 0.6) is 0 Å². The monoisotopic (exact) mass is 257 g/mol. The molecule has 1 atom stereocenters. The molecule has 0 aliphatic heterocycles. The van der Waals surface area contributed by atoms with Crippen molar-refractivity contribution >= 4 is 21.4 Å². The highest BCUT2D eigenvalue weighted by molar-refractivity contribution is 7.17. The lowest BCUT2D eigenvalue weighted by Gasteiger charge is -2.11. The Morgan fingerprint density at radius 2 is 2.17 bits per heavy atom. The third-order valence-corrected chi connectivity index (χ3v) is 4.25. The van der Waals surface area contributed by atoms with Crippen molar-refractivity contribution in [3.8, 4) is 0 Å². The predicted octanol–water partition coefficient (Wildman–Crippen LogP) is 2.88. The third kappa shape index (κ3) is 1.94. The molecule has 0 aliphatic carbocycles. The van der Waals surface area contributed by atoms with Gasteiger partial charge in [-0.15, -0.1) is 11.3 Å². The van der Waals surface area contributed by atoms with E-state index in [0.29, 0.717) is 0 Å². The number of nitrogens with two attached hydrogens (primary N) is 1. The van der Waals surface area contributed by atoms with Crippen LogP contribution in [0.3, 0.4) is 0 Å². The molecular weight excluding hydrogens is 242 g/mol. The van der Waals surface area contributed by atoms with Gasteiger partial charge in [0.1, 0.15) is 0 Å². The Hall–Kier alpha value is -1.65. The van der Waals surface area contributed by atoms with Gasteiger partial charge in [-0.3, -0.25) is 4.68 Å². The maximum absolute atomic E-state index is 6.27. The zero-order chi connectivity index (χ0) is 12.5. The van der Waals surface area contributed by atoms with Crippen LogP contribution in [0.15, 0.2) is 41.9 Å². The van der Waals surface area contributed by atoms with E-state index in [0.717, 1.165) is 12.1 Å². The molecular formula is C14H15N3S. The fraction of sp³-hybridized carbons (Fsp3) is 0.214. The minimum Gasteiger partial charge on any atom is -0.322 e. The second-order valence-corrected chi connectivity index (χ2v) is 5.36. The van der Waals surface area contributed by atoms with Gasteiger partial charge >= 0.3 is 0 Å². The quantitative estimate of drug-likeness (QED) is 0.784. The molecule has 0 amide bonds. The molecule has 4 heteroatoms. The van der Waals surface area contributed by atoms with Crippen LogP contribution >= 0.6 is 11.3 Å². The second kappa shape index (κ2) is 4.55. The van der Waals surface area contributed by atoms with E-state index in [1.54, 1.807) is 17.5 Å². The molecule has 0 aliphatic rings. The van der Waals surface area contributed by atoms with Crippen molar-refractivity contribution in [3.05, 3.63) is 53.2 Å². The minimum absolute atomic E-state index is 0.00416.